The van der Waals surface area contributed by atoms with Gasteiger partial charge in [0.2, 0.25) is 5.91 Å². The molecule has 0 fully saturated rings. The molecule has 2 rings (SSSR count). The van der Waals surface area contributed by atoms with Crippen LogP contribution in [-0.2, 0) is 4.79 Å². The summed E-state index contributed by atoms with van der Waals surface area (Å²) < 4.78 is 6.49. The summed E-state index contributed by atoms with van der Waals surface area (Å²) in [7, 11) is 0. The van der Waals surface area contributed by atoms with E-state index in [4.69, 9.17) is 4.74 Å². The van der Waals surface area contributed by atoms with Gasteiger partial charge in [-0.1, -0.05) is 6.07 Å². The van der Waals surface area contributed by atoms with Crippen LogP contribution in [0, 0.1) is 0 Å². The van der Waals surface area contributed by atoms with Crippen LogP contribution in [0.2, 0.25) is 0 Å². The molecule has 4 heteroatoms. The normalized spacial score (nSPS) is 20.4. The first-order valence-electron chi connectivity index (χ1n) is 4.42. The van der Waals surface area contributed by atoms with Crippen molar-refractivity contribution < 1.29 is 9.53 Å². The van der Waals surface area contributed by atoms with Crippen LogP contribution in [0.4, 0.5) is 5.69 Å². The van der Waals surface area contributed by atoms with Crippen molar-refractivity contribution in [3.8, 4) is 5.75 Å². The minimum Gasteiger partial charge on any atom is -0.487 e. The molecule has 1 aliphatic rings. The third-order valence-corrected chi connectivity index (χ3v) is 2.66. The van der Waals surface area contributed by atoms with Gasteiger partial charge in [-0.05, 0) is 35.0 Å². The molecule has 1 N–H and O–H groups in total. The summed E-state index contributed by atoms with van der Waals surface area (Å²) in [6.07, 6.45) is 0.302. The first-order chi connectivity index (χ1) is 6.66. The van der Waals surface area contributed by atoms with Gasteiger partial charge in [0, 0.05) is 0 Å². The maximum atomic E-state index is 11.4. The fourth-order valence-corrected chi connectivity index (χ4v) is 1.89. The Bertz CT molecular complexity index is 378. The highest BCUT2D eigenvalue weighted by Crippen LogP contribution is 2.35. The first-order valence-corrected chi connectivity index (χ1v) is 5.21. The SMILES string of the molecule is CC1CC(=O)Nc2cccc(Br)c2O1. The van der Waals surface area contributed by atoms with Crippen molar-refractivity contribution in [2.75, 3.05) is 5.32 Å². The van der Waals surface area contributed by atoms with Crippen molar-refractivity contribution in [1.82, 2.24) is 0 Å². The van der Waals surface area contributed by atoms with Crippen molar-refractivity contribution in [1.29, 1.82) is 0 Å². The molecule has 1 heterocycles. The summed E-state index contributed by atoms with van der Waals surface area (Å²) in [5, 5.41) is 2.80. The first kappa shape index (κ1) is 9.52. The Morgan fingerprint density at radius 3 is 3.14 bits per heavy atom. The number of rotatable bonds is 0. The van der Waals surface area contributed by atoms with Crippen LogP contribution >= 0.6 is 15.9 Å². The number of hydrogen-bond acceptors (Lipinski definition) is 2. The zero-order valence-corrected chi connectivity index (χ0v) is 9.30. The van der Waals surface area contributed by atoms with Crippen LogP contribution in [0.3, 0.4) is 0 Å². The lowest BCUT2D eigenvalue weighted by molar-refractivity contribution is -0.117. The van der Waals surface area contributed by atoms with Crippen LogP contribution in [0.25, 0.3) is 0 Å². The summed E-state index contributed by atoms with van der Waals surface area (Å²) in [6.45, 7) is 1.88. The van der Waals surface area contributed by atoms with E-state index in [1.54, 1.807) is 0 Å². The molecule has 1 amide bonds. The Labute approximate surface area is 90.6 Å². The largest absolute Gasteiger partial charge is 0.487 e. The number of benzene rings is 1. The predicted octanol–water partition coefficient (Wildman–Crippen LogP) is 2.56. The van der Waals surface area contributed by atoms with E-state index >= 15 is 0 Å². The van der Waals surface area contributed by atoms with Gasteiger partial charge in [-0.2, -0.15) is 0 Å². The van der Waals surface area contributed by atoms with E-state index in [9.17, 15) is 4.79 Å². The predicted molar refractivity (Wildman–Crippen MR) is 57.5 cm³/mol. The molecule has 0 aromatic heterocycles. The Morgan fingerprint density at radius 1 is 1.57 bits per heavy atom. The standard InChI is InChI=1S/C10H10BrNO2/c1-6-5-9(13)12-8-4-2-3-7(11)10(8)14-6/h2-4,6H,5H2,1H3,(H,12,13). The lowest BCUT2D eigenvalue weighted by Gasteiger charge is -2.12. The second-order valence-electron chi connectivity index (χ2n) is 3.30. The number of anilines is 1. The van der Waals surface area contributed by atoms with E-state index in [2.05, 4.69) is 21.2 Å². The molecule has 1 aromatic carbocycles. The fourth-order valence-electron chi connectivity index (χ4n) is 1.43. The maximum absolute atomic E-state index is 11.4. The molecule has 0 radical (unpaired) electrons. The van der Waals surface area contributed by atoms with Crippen LogP contribution in [-0.4, -0.2) is 12.0 Å². The van der Waals surface area contributed by atoms with Crippen molar-refractivity contribution in [3.05, 3.63) is 22.7 Å². The molecule has 74 valence electrons. The van der Waals surface area contributed by atoms with E-state index in [0.29, 0.717) is 12.2 Å². The minimum absolute atomic E-state index is 0.00523. The monoisotopic (exact) mass is 255 g/mol. The molecule has 0 aliphatic carbocycles. The zero-order valence-electron chi connectivity index (χ0n) is 7.71. The fraction of sp³-hybridized carbons (Fsp3) is 0.300. The van der Waals surface area contributed by atoms with Crippen molar-refractivity contribution in [2.24, 2.45) is 0 Å². The minimum atomic E-state index is -0.0880. The molecule has 0 saturated carbocycles. The third-order valence-electron chi connectivity index (χ3n) is 2.03. The molecule has 0 bridgehead atoms. The Kier molecular flexibility index (Phi) is 2.46. The number of fused-ring (bicyclic) bond motifs is 1. The Balaban J connectivity index is 2.46. The molecular weight excluding hydrogens is 246 g/mol. The highest BCUT2D eigenvalue weighted by Gasteiger charge is 2.20. The third kappa shape index (κ3) is 1.75. The molecule has 1 aliphatic heterocycles. The Hall–Kier alpha value is -1.03. The van der Waals surface area contributed by atoms with E-state index in [1.165, 1.54) is 0 Å². The molecule has 0 saturated heterocycles. The number of amides is 1. The van der Waals surface area contributed by atoms with Gasteiger partial charge in [0.25, 0.3) is 0 Å². The summed E-state index contributed by atoms with van der Waals surface area (Å²) in [4.78, 5) is 11.4. The van der Waals surface area contributed by atoms with Crippen LogP contribution in [0.1, 0.15) is 13.3 Å². The van der Waals surface area contributed by atoms with Crippen molar-refractivity contribution in [3.63, 3.8) is 0 Å². The number of nitrogens with one attached hydrogen (secondary N) is 1. The molecule has 0 spiro atoms. The van der Waals surface area contributed by atoms with Gasteiger partial charge in [-0.25, -0.2) is 0 Å². The number of halogens is 1. The quantitative estimate of drug-likeness (QED) is 0.774. The summed E-state index contributed by atoms with van der Waals surface area (Å²) >= 11 is 3.39. The Morgan fingerprint density at radius 2 is 2.36 bits per heavy atom. The zero-order chi connectivity index (χ0) is 10.1. The molecule has 1 unspecified atom stereocenters. The average molecular weight is 256 g/mol. The van der Waals surface area contributed by atoms with Gasteiger partial charge in [0.05, 0.1) is 16.6 Å². The molecule has 1 atom stereocenters. The highest BCUT2D eigenvalue weighted by atomic mass is 79.9. The van der Waals surface area contributed by atoms with E-state index in [0.717, 1.165) is 10.2 Å². The average Bonchev–Trinajstić information content (AvgIpc) is 2.23. The van der Waals surface area contributed by atoms with E-state index in [-0.39, 0.29) is 12.0 Å². The second kappa shape index (κ2) is 3.61. The smallest absolute Gasteiger partial charge is 0.228 e. The number of ether oxygens (including phenoxy) is 1. The lowest BCUT2D eigenvalue weighted by Crippen LogP contribution is -2.17. The maximum Gasteiger partial charge on any atom is 0.228 e. The van der Waals surface area contributed by atoms with Gasteiger partial charge in [-0.15, -0.1) is 0 Å². The molecule has 1 aromatic rings. The van der Waals surface area contributed by atoms with Gasteiger partial charge >= 0.3 is 0 Å². The number of carbonyl (C=O) groups excluding carboxylic acids is 1. The number of para-hydroxylation sites is 1. The highest BCUT2D eigenvalue weighted by molar-refractivity contribution is 9.10. The van der Waals surface area contributed by atoms with Gasteiger partial charge in [-0.3, -0.25) is 4.79 Å². The number of hydrogen-bond donors (Lipinski definition) is 1. The van der Waals surface area contributed by atoms with Crippen LogP contribution in [0.15, 0.2) is 22.7 Å². The van der Waals surface area contributed by atoms with Crippen LogP contribution < -0.4 is 10.1 Å². The van der Waals surface area contributed by atoms with Crippen molar-refractivity contribution >= 4 is 27.5 Å². The van der Waals surface area contributed by atoms with Crippen molar-refractivity contribution in [2.45, 2.75) is 19.4 Å². The summed E-state index contributed by atoms with van der Waals surface area (Å²) in [5.74, 6) is 0.709. The molecule has 3 nitrogen and oxygen atoms in total. The van der Waals surface area contributed by atoms with Gasteiger partial charge in [0.15, 0.2) is 5.75 Å². The molecular formula is C10H10BrNO2. The lowest BCUT2D eigenvalue weighted by atomic mass is 10.3. The number of carbonyl (C=O) groups is 1. The topological polar surface area (TPSA) is 38.3 Å². The van der Waals surface area contributed by atoms with Gasteiger partial charge in [0.1, 0.15) is 6.10 Å². The van der Waals surface area contributed by atoms with Crippen LogP contribution in [0.5, 0.6) is 5.75 Å². The van der Waals surface area contributed by atoms with E-state index in [1.807, 2.05) is 25.1 Å². The molecule has 14 heavy (non-hydrogen) atoms. The summed E-state index contributed by atoms with van der Waals surface area (Å²) in [6, 6.07) is 5.58. The second-order valence-corrected chi connectivity index (χ2v) is 4.15. The summed E-state index contributed by atoms with van der Waals surface area (Å²) in [5.41, 5.74) is 0.730. The van der Waals surface area contributed by atoms with E-state index < -0.39 is 0 Å². The van der Waals surface area contributed by atoms with Gasteiger partial charge < -0.3 is 10.1 Å².